The molecule has 2 nitrogen and oxygen atoms in total. The molecule has 0 aromatic heterocycles. The van der Waals surface area contributed by atoms with Crippen molar-refractivity contribution in [2.45, 2.75) is 12.8 Å². The van der Waals surface area contributed by atoms with E-state index in [9.17, 15) is 4.79 Å². The summed E-state index contributed by atoms with van der Waals surface area (Å²) in [6.45, 7) is 1.91. The van der Waals surface area contributed by atoms with Gasteiger partial charge in [0.2, 0.25) is 0 Å². The number of fused-ring (bicyclic) bond motifs is 1. The van der Waals surface area contributed by atoms with Crippen LogP contribution < -0.4 is 4.74 Å². The minimum absolute atomic E-state index is 0.0721. The van der Waals surface area contributed by atoms with Crippen LogP contribution in [0.5, 0.6) is 5.75 Å². The first kappa shape index (κ1) is 10.7. The lowest BCUT2D eigenvalue weighted by atomic mass is 9.96. The van der Waals surface area contributed by atoms with E-state index in [1.165, 1.54) is 0 Å². The zero-order valence-electron chi connectivity index (χ0n) is 9.44. The summed E-state index contributed by atoms with van der Waals surface area (Å²) in [7, 11) is 1.65. The van der Waals surface area contributed by atoms with Crippen molar-refractivity contribution in [1.82, 2.24) is 0 Å². The van der Waals surface area contributed by atoms with Crippen LogP contribution in [0.4, 0.5) is 0 Å². The maximum Gasteiger partial charge on any atom is 0.127 e. The van der Waals surface area contributed by atoms with Gasteiger partial charge >= 0.3 is 0 Å². The molecule has 0 fully saturated rings. The summed E-state index contributed by atoms with van der Waals surface area (Å²) in [6, 6.07) is 11.9. The molecular formula is C14H14O2. The van der Waals surface area contributed by atoms with E-state index in [1.807, 2.05) is 43.3 Å². The largest absolute Gasteiger partial charge is 0.497 e. The van der Waals surface area contributed by atoms with Gasteiger partial charge in [0.25, 0.3) is 0 Å². The van der Waals surface area contributed by atoms with Gasteiger partial charge in [0.05, 0.1) is 7.11 Å². The van der Waals surface area contributed by atoms with Crippen LogP contribution in [-0.2, 0) is 4.79 Å². The Labute approximate surface area is 94.8 Å². The minimum Gasteiger partial charge on any atom is -0.497 e. The third-order valence-corrected chi connectivity index (χ3v) is 2.82. The molecule has 1 unspecified atom stereocenters. The van der Waals surface area contributed by atoms with Crippen molar-refractivity contribution in [2.24, 2.45) is 0 Å². The predicted octanol–water partition coefficient (Wildman–Crippen LogP) is 3.15. The van der Waals surface area contributed by atoms with Gasteiger partial charge in [-0.15, -0.1) is 0 Å². The number of benzene rings is 2. The summed E-state index contributed by atoms with van der Waals surface area (Å²) in [5, 5.41) is 2.22. The standard InChI is InChI=1S/C14H14O2/c1-10(9-15)13-5-3-4-11-8-12(16-2)6-7-14(11)13/h3-10H,1-2H3. The number of methoxy groups -OCH3 is 1. The molecule has 0 aliphatic carbocycles. The summed E-state index contributed by atoms with van der Waals surface area (Å²) in [5.41, 5.74) is 1.06. The molecule has 0 bridgehead atoms. The summed E-state index contributed by atoms with van der Waals surface area (Å²) in [4.78, 5) is 10.8. The van der Waals surface area contributed by atoms with E-state index >= 15 is 0 Å². The van der Waals surface area contributed by atoms with Crippen molar-refractivity contribution in [1.29, 1.82) is 0 Å². The second-order valence-electron chi connectivity index (χ2n) is 3.86. The van der Waals surface area contributed by atoms with E-state index in [-0.39, 0.29) is 5.92 Å². The van der Waals surface area contributed by atoms with Crippen LogP contribution in [-0.4, -0.2) is 13.4 Å². The van der Waals surface area contributed by atoms with Gasteiger partial charge in [-0.25, -0.2) is 0 Å². The molecule has 0 amide bonds. The van der Waals surface area contributed by atoms with Gasteiger partial charge in [-0.05, 0) is 28.5 Å². The Morgan fingerprint density at radius 3 is 2.75 bits per heavy atom. The highest BCUT2D eigenvalue weighted by molar-refractivity contribution is 5.89. The lowest BCUT2D eigenvalue weighted by Gasteiger charge is -2.09. The zero-order chi connectivity index (χ0) is 11.5. The predicted molar refractivity (Wildman–Crippen MR) is 65.0 cm³/mol. The normalized spacial score (nSPS) is 12.4. The fraction of sp³-hybridized carbons (Fsp3) is 0.214. The first-order valence-corrected chi connectivity index (χ1v) is 5.28. The number of rotatable bonds is 3. The Balaban J connectivity index is 2.64. The van der Waals surface area contributed by atoms with Gasteiger partial charge in [-0.2, -0.15) is 0 Å². The quantitative estimate of drug-likeness (QED) is 0.734. The number of carbonyl (C=O) groups is 1. The van der Waals surface area contributed by atoms with Gasteiger partial charge in [0, 0.05) is 5.92 Å². The van der Waals surface area contributed by atoms with Gasteiger partial charge < -0.3 is 9.53 Å². The van der Waals surface area contributed by atoms with Crippen molar-refractivity contribution in [3.05, 3.63) is 42.0 Å². The molecule has 0 spiro atoms. The van der Waals surface area contributed by atoms with E-state index in [0.29, 0.717) is 0 Å². The molecule has 0 aliphatic heterocycles. The van der Waals surface area contributed by atoms with Crippen molar-refractivity contribution < 1.29 is 9.53 Å². The summed E-state index contributed by atoms with van der Waals surface area (Å²) < 4.78 is 5.18. The average Bonchev–Trinajstić information content (AvgIpc) is 2.36. The fourth-order valence-electron chi connectivity index (χ4n) is 1.88. The maximum absolute atomic E-state index is 10.8. The molecule has 0 heterocycles. The molecule has 0 saturated heterocycles. The molecule has 2 aromatic rings. The molecule has 0 aliphatic rings. The molecule has 0 saturated carbocycles. The van der Waals surface area contributed by atoms with Crippen LogP contribution in [0.15, 0.2) is 36.4 Å². The maximum atomic E-state index is 10.8. The third kappa shape index (κ3) is 1.78. The molecule has 2 aromatic carbocycles. The van der Waals surface area contributed by atoms with Crippen LogP contribution in [0.1, 0.15) is 18.4 Å². The zero-order valence-corrected chi connectivity index (χ0v) is 9.44. The summed E-state index contributed by atoms with van der Waals surface area (Å²) in [5.74, 6) is 0.764. The first-order valence-electron chi connectivity index (χ1n) is 5.28. The Morgan fingerprint density at radius 2 is 2.06 bits per heavy atom. The van der Waals surface area contributed by atoms with E-state index in [1.54, 1.807) is 7.11 Å². The molecule has 0 radical (unpaired) electrons. The average molecular weight is 214 g/mol. The van der Waals surface area contributed by atoms with Gasteiger partial charge in [-0.1, -0.05) is 31.2 Å². The highest BCUT2D eigenvalue weighted by atomic mass is 16.5. The monoisotopic (exact) mass is 214 g/mol. The van der Waals surface area contributed by atoms with Crippen LogP contribution in [0.25, 0.3) is 10.8 Å². The summed E-state index contributed by atoms with van der Waals surface area (Å²) >= 11 is 0. The number of hydrogen-bond donors (Lipinski definition) is 0. The number of hydrogen-bond acceptors (Lipinski definition) is 2. The Kier molecular flexibility index (Phi) is 2.91. The van der Waals surface area contributed by atoms with Crippen molar-refractivity contribution in [3.63, 3.8) is 0 Å². The van der Waals surface area contributed by atoms with Gasteiger partial charge in [-0.3, -0.25) is 0 Å². The first-order chi connectivity index (χ1) is 7.76. The number of ether oxygens (including phenoxy) is 1. The van der Waals surface area contributed by atoms with Gasteiger partial charge in [0.15, 0.2) is 0 Å². The molecule has 2 rings (SSSR count). The number of aldehydes is 1. The van der Waals surface area contributed by atoms with E-state index in [0.717, 1.165) is 28.4 Å². The second kappa shape index (κ2) is 4.35. The van der Waals surface area contributed by atoms with Crippen LogP contribution >= 0.6 is 0 Å². The fourth-order valence-corrected chi connectivity index (χ4v) is 1.88. The van der Waals surface area contributed by atoms with E-state index in [4.69, 9.17) is 4.74 Å². The van der Waals surface area contributed by atoms with Gasteiger partial charge in [0.1, 0.15) is 12.0 Å². The Bertz CT molecular complexity index is 517. The minimum atomic E-state index is -0.0721. The molecule has 16 heavy (non-hydrogen) atoms. The van der Waals surface area contributed by atoms with Crippen LogP contribution in [0, 0.1) is 0 Å². The van der Waals surface area contributed by atoms with Crippen molar-refractivity contribution in [2.75, 3.05) is 7.11 Å². The Morgan fingerprint density at radius 1 is 1.25 bits per heavy atom. The topological polar surface area (TPSA) is 26.3 Å². The van der Waals surface area contributed by atoms with Crippen LogP contribution in [0.2, 0.25) is 0 Å². The smallest absolute Gasteiger partial charge is 0.127 e. The molecule has 82 valence electrons. The SMILES string of the molecule is COc1ccc2c(C(C)C=O)cccc2c1. The van der Waals surface area contributed by atoms with E-state index < -0.39 is 0 Å². The lowest BCUT2D eigenvalue weighted by molar-refractivity contribution is -0.108. The van der Waals surface area contributed by atoms with E-state index in [2.05, 4.69) is 0 Å². The Hall–Kier alpha value is -1.83. The highest BCUT2D eigenvalue weighted by Gasteiger charge is 2.08. The van der Waals surface area contributed by atoms with Crippen molar-refractivity contribution in [3.8, 4) is 5.75 Å². The lowest BCUT2D eigenvalue weighted by Crippen LogP contribution is -1.95. The molecule has 0 N–H and O–H groups in total. The molecule has 2 heteroatoms. The third-order valence-electron chi connectivity index (χ3n) is 2.82. The van der Waals surface area contributed by atoms with Crippen LogP contribution in [0.3, 0.4) is 0 Å². The highest BCUT2D eigenvalue weighted by Crippen LogP contribution is 2.27. The molecule has 1 atom stereocenters. The second-order valence-corrected chi connectivity index (χ2v) is 3.86. The molecular weight excluding hydrogens is 200 g/mol. The van der Waals surface area contributed by atoms with Crippen molar-refractivity contribution >= 4 is 17.1 Å². The number of carbonyl (C=O) groups excluding carboxylic acids is 1. The summed E-state index contributed by atoms with van der Waals surface area (Å²) in [6.07, 6.45) is 0.971.